The maximum atomic E-state index is 3.42. The van der Waals surface area contributed by atoms with Crippen molar-refractivity contribution in [3.05, 3.63) is 0 Å². The minimum absolute atomic E-state index is 0.482. The van der Waals surface area contributed by atoms with Gasteiger partial charge >= 0.3 is 0 Å². The van der Waals surface area contributed by atoms with E-state index in [0.717, 1.165) is 19.1 Å². The molecule has 0 aromatic rings. The third-order valence-corrected chi connectivity index (χ3v) is 4.86. The number of rotatable bonds is 5. The summed E-state index contributed by atoms with van der Waals surface area (Å²) < 4.78 is 0.482. The Morgan fingerprint density at radius 3 is 2.81 bits per heavy atom. The highest BCUT2D eigenvalue weighted by molar-refractivity contribution is 8.00. The summed E-state index contributed by atoms with van der Waals surface area (Å²) in [7, 11) is 0. The second-order valence-electron chi connectivity index (χ2n) is 5.39. The fourth-order valence-electron chi connectivity index (χ4n) is 2.15. The molecule has 0 aromatic heterocycles. The molecule has 96 valence electrons. The van der Waals surface area contributed by atoms with E-state index in [1.807, 2.05) is 0 Å². The van der Waals surface area contributed by atoms with Crippen molar-refractivity contribution < 1.29 is 0 Å². The fraction of sp³-hybridized carbons (Fsp3) is 1.00. The first-order chi connectivity index (χ1) is 7.55. The van der Waals surface area contributed by atoms with Gasteiger partial charge in [-0.05, 0) is 39.4 Å². The second kappa shape index (κ2) is 6.87. The van der Waals surface area contributed by atoms with Gasteiger partial charge in [0.15, 0.2) is 0 Å². The first kappa shape index (κ1) is 14.3. The van der Waals surface area contributed by atoms with E-state index in [0.29, 0.717) is 4.75 Å². The minimum Gasteiger partial charge on any atom is -0.317 e. The van der Waals surface area contributed by atoms with Crippen molar-refractivity contribution in [1.29, 1.82) is 0 Å². The summed E-state index contributed by atoms with van der Waals surface area (Å²) in [6.07, 6.45) is 2.60. The van der Waals surface area contributed by atoms with Crippen molar-refractivity contribution in [2.45, 2.75) is 51.3 Å². The lowest BCUT2D eigenvalue weighted by molar-refractivity contribution is 0.208. The third kappa shape index (κ3) is 5.07. The zero-order chi connectivity index (χ0) is 12.0. The van der Waals surface area contributed by atoms with Crippen LogP contribution >= 0.6 is 11.8 Å². The van der Waals surface area contributed by atoms with Gasteiger partial charge in [0.25, 0.3) is 0 Å². The van der Waals surface area contributed by atoms with E-state index in [4.69, 9.17) is 0 Å². The van der Waals surface area contributed by atoms with Crippen molar-refractivity contribution in [2.75, 3.05) is 31.9 Å². The molecular weight excluding hydrogens is 216 g/mol. The zero-order valence-electron chi connectivity index (χ0n) is 11.4. The molecule has 1 fully saturated rings. The maximum absolute atomic E-state index is 3.42. The zero-order valence-corrected chi connectivity index (χ0v) is 12.2. The normalized spacial score (nSPS) is 24.0. The van der Waals surface area contributed by atoms with Crippen LogP contribution in [-0.4, -0.2) is 47.6 Å². The van der Waals surface area contributed by atoms with Gasteiger partial charge in [0, 0.05) is 23.1 Å². The fourth-order valence-corrected chi connectivity index (χ4v) is 3.26. The minimum atomic E-state index is 0.482. The molecule has 0 radical (unpaired) electrons. The summed E-state index contributed by atoms with van der Waals surface area (Å²) >= 11 is 2.13. The highest BCUT2D eigenvalue weighted by atomic mass is 32.2. The quantitative estimate of drug-likeness (QED) is 0.748. The van der Waals surface area contributed by atoms with Gasteiger partial charge in [0.05, 0.1) is 0 Å². The van der Waals surface area contributed by atoms with Crippen molar-refractivity contribution in [3.63, 3.8) is 0 Å². The number of hydrogen-bond donors (Lipinski definition) is 1. The Bertz CT molecular complexity index is 194. The average molecular weight is 244 g/mol. The second-order valence-corrected chi connectivity index (χ2v) is 7.19. The molecule has 1 aliphatic rings. The van der Waals surface area contributed by atoms with Crippen LogP contribution in [0.15, 0.2) is 0 Å². The molecule has 1 unspecified atom stereocenters. The third-order valence-electron chi connectivity index (χ3n) is 3.48. The van der Waals surface area contributed by atoms with Crippen LogP contribution in [0.1, 0.15) is 40.5 Å². The summed E-state index contributed by atoms with van der Waals surface area (Å²) in [6.45, 7) is 14.1. The highest BCUT2D eigenvalue weighted by Gasteiger charge is 2.25. The summed E-state index contributed by atoms with van der Waals surface area (Å²) in [6, 6.07) is 0.730. The molecular formula is C13H28N2S. The molecule has 3 heteroatoms. The molecule has 1 atom stereocenters. The molecule has 0 saturated carbocycles. The van der Waals surface area contributed by atoms with Gasteiger partial charge < -0.3 is 5.32 Å². The Morgan fingerprint density at radius 2 is 2.12 bits per heavy atom. The van der Waals surface area contributed by atoms with E-state index in [2.05, 4.69) is 49.7 Å². The maximum Gasteiger partial charge on any atom is 0.0116 e. The molecule has 1 saturated heterocycles. The molecule has 1 rings (SSSR count). The van der Waals surface area contributed by atoms with Crippen LogP contribution in [0, 0.1) is 0 Å². The summed E-state index contributed by atoms with van der Waals surface area (Å²) in [5, 5.41) is 3.42. The molecule has 0 aromatic carbocycles. The van der Waals surface area contributed by atoms with Gasteiger partial charge in [-0.25, -0.2) is 0 Å². The van der Waals surface area contributed by atoms with Crippen LogP contribution in [0.5, 0.6) is 0 Å². The van der Waals surface area contributed by atoms with E-state index < -0.39 is 0 Å². The molecule has 0 amide bonds. The van der Waals surface area contributed by atoms with E-state index >= 15 is 0 Å². The first-order valence-corrected chi connectivity index (χ1v) is 7.62. The van der Waals surface area contributed by atoms with Gasteiger partial charge in [-0.1, -0.05) is 20.8 Å². The number of nitrogens with zero attached hydrogens (tertiary/aromatic N) is 1. The predicted molar refractivity (Wildman–Crippen MR) is 75.3 cm³/mol. The van der Waals surface area contributed by atoms with Crippen LogP contribution < -0.4 is 5.32 Å². The highest BCUT2D eigenvalue weighted by Crippen LogP contribution is 2.31. The van der Waals surface area contributed by atoms with Crippen LogP contribution in [0.4, 0.5) is 0 Å². The summed E-state index contributed by atoms with van der Waals surface area (Å²) in [4.78, 5) is 2.67. The Morgan fingerprint density at radius 1 is 1.38 bits per heavy atom. The van der Waals surface area contributed by atoms with Gasteiger partial charge in [-0.3, -0.25) is 4.90 Å². The molecule has 1 N–H and O–H groups in total. The monoisotopic (exact) mass is 244 g/mol. The molecule has 0 spiro atoms. The lowest BCUT2D eigenvalue weighted by Crippen LogP contribution is -2.37. The standard InChI is InChI=1S/C13H28N2S/c1-5-14-8-6-12(2)15-9-7-13(3,4)16-11-10-15/h12,14H,5-11H2,1-4H3. The molecule has 1 aliphatic heterocycles. The SMILES string of the molecule is CCNCCC(C)N1CCSC(C)(C)CC1. The average Bonchev–Trinajstić information content (AvgIpc) is 2.39. The number of hydrogen-bond acceptors (Lipinski definition) is 3. The Balaban J connectivity index is 2.30. The van der Waals surface area contributed by atoms with Crippen LogP contribution in [0.2, 0.25) is 0 Å². The van der Waals surface area contributed by atoms with Crippen LogP contribution in [-0.2, 0) is 0 Å². The van der Waals surface area contributed by atoms with Gasteiger partial charge in [-0.15, -0.1) is 0 Å². The van der Waals surface area contributed by atoms with Crippen LogP contribution in [0.3, 0.4) is 0 Å². The summed E-state index contributed by atoms with van der Waals surface area (Å²) in [5.74, 6) is 1.29. The van der Waals surface area contributed by atoms with Crippen LogP contribution in [0.25, 0.3) is 0 Å². The smallest absolute Gasteiger partial charge is 0.0116 e. The molecule has 1 heterocycles. The summed E-state index contributed by atoms with van der Waals surface area (Å²) in [5.41, 5.74) is 0. The van der Waals surface area contributed by atoms with Gasteiger partial charge in [0.2, 0.25) is 0 Å². The molecule has 2 nitrogen and oxygen atoms in total. The van der Waals surface area contributed by atoms with Crippen molar-refractivity contribution in [3.8, 4) is 0 Å². The molecule has 0 bridgehead atoms. The lowest BCUT2D eigenvalue weighted by Gasteiger charge is -2.28. The van der Waals surface area contributed by atoms with E-state index in [1.54, 1.807) is 0 Å². The number of nitrogens with one attached hydrogen (secondary N) is 1. The molecule has 0 aliphatic carbocycles. The Hall–Kier alpha value is 0.270. The van der Waals surface area contributed by atoms with Crippen molar-refractivity contribution >= 4 is 11.8 Å². The van der Waals surface area contributed by atoms with E-state index in [-0.39, 0.29) is 0 Å². The van der Waals surface area contributed by atoms with E-state index in [9.17, 15) is 0 Å². The van der Waals surface area contributed by atoms with E-state index in [1.165, 1.54) is 31.7 Å². The topological polar surface area (TPSA) is 15.3 Å². The number of thioether (sulfide) groups is 1. The van der Waals surface area contributed by atoms with Crippen molar-refractivity contribution in [2.24, 2.45) is 0 Å². The Kier molecular flexibility index (Phi) is 6.16. The largest absolute Gasteiger partial charge is 0.317 e. The lowest BCUT2D eigenvalue weighted by atomic mass is 10.1. The van der Waals surface area contributed by atoms with Gasteiger partial charge in [-0.2, -0.15) is 11.8 Å². The Labute approximate surface area is 106 Å². The molecule has 16 heavy (non-hydrogen) atoms. The van der Waals surface area contributed by atoms with Gasteiger partial charge in [0.1, 0.15) is 0 Å². The van der Waals surface area contributed by atoms with Crippen molar-refractivity contribution in [1.82, 2.24) is 10.2 Å². The predicted octanol–water partition coefficient (Wildman–Crippen LogP) is 2.59. The first-order valence-electron chi connectivity index (χ1n) is 6.64.